The van der Waals surface area contributed by atoms with Crippen molar-refractivity contribution in [2.24, 2.45) is 5.92 Å². The molecule has 0 unspecified atom stereocenters. The molecule has 1 aliphatic rings. The molecule has 1 amide bonds. The summed E-state index contributed by atoms with van der Waals surface area (Å²) in [6.45, 7) is 5.58. The van der Waals surface area contributed by atoms with Crippen LogP contribution in [0.2, 0.25) is 0 Å². The fraction of sp³-hybridized carbons (Fsp3) is 0.500. The van der Waals surface area contributed by atoms with Crippen molar-refractivity contribution < 1.29 is 9.90 Å². The normalized spacial score (nSPS) is 13.5. The maximum Gasteiger partial charge on any atom is 0.253 e. The molecule has 0 heterocycles. The molecule has 0 atom stereocenters. The van der Waals surface area contributed by atoms with E-state index in [0.29, 0.717) is 11.5 Å². The van der Waals surface area contributed by atoms with Crippen molar-refractivity contribution in [1.29, 1.82) is 0 Å². The van der Waals surface area contributed by atoms with Gasteiger partial charge >= 0.3 is 0 Å². The van der Waals surface area contributed by atoms with Crippen molar-refractivity contribution in [3.05, 3.63) is 34.9 Å². The number of carbonyl (C=O) groups excluding carboxylic acids is 1. The van der Waals surface area contributed by atoms with Crippen LogP contribution in [0.15, 0.2) is 18.2 Å². The SMILES string of the molecule is CCCN(CC1CC1)C(=O)c1cc(C)cc(C#CCO)c1. The van der Waals surface area contributed by atoms with Crippen molar-refractivity contribution in [3.63, 3.8) is 0 Å². The summed E-state index contributed by atoms with van der Waals surface area (Å²) in [5.74, 6) is 6.31. The van der Waals surface area contributed by atoms with Gasteiger partial charge < -0.3 is 10.0 Å². The van der Waals surface area contributed by atoms with E-state index in [0.717, 1.165) is 30.6 Å². The number of aliphatic hydroxyl groups excluding tert-OH is 1. The van der Waals surface area contributed by atoms with Crippen LogP contribution >= 0.6 is 0 Å². The topological polar surface area (TPSA) is 40.5 Å². The first kappa shape index (κ1) is 15.6. The van der Waals surface area contributed by atoms with Crippen LogP contribution in [0.3, 0.4) is 0 Å². The molecule has 0 bridgehead atoms. The van der Waals surface area contributed by atoms with Crippen molar-refractivity contribution in [3.8, 4) is 11.8 Å². The number of aliphatic hydroxyl groups is 1. The lowest BCUT2D eigenvalue weighted by Crippen LogP contribution is -2.33. The minimum Gasteiger partial charge on any atom is -0.384 e. The largest absolute Gasteiger partial charge is 0.384 e. The Kier molecular flexibility index (Phi) is 5.41. The number of hydrogen-bond donors (Lipinski definition) is 1. The number of benzene rings is 1. The number of nitrogens with zero attached hydrogens (tertiary/aromatic N) is 1. The lowest BCUT2D eigenvalue weighted by molar-refractivity contribution is 0.0747. The third-order valence-electron chi connectivity index (χ3n) is 3.59. The minimum atomic E-state index is -0.166. The third kappa shape index (κ3) is 4.61. The molecule has 0 spiro atoms. The number of rotatable bonds is 5. The Bertz CT molecular complexity index is 564. The van der Waals surface area contributed by atoms with Crippen LogP contribution in [-0.4, -0.2) is 35.6 Å². The molecule has 1 aromatic rings. The van der Waals surface area contributed by atoms with Gasteiger partial charge in [0.05, 0.1) is 0 Å². The lowest BCUT2D eigenvalue weighted by Gasteiger charge is -2.22. The zero-order valence-electron chi connectivity index (χ0n) is 12.9. The van der Waals surface area contributed by atoms with Gasteiger partial charge in [0.2, 0.25) is 0 Å². The summed E-state index contributed by atoms with van der Waals surface area (Å²) in [6, 6.07) is 5.68. The summed E-state index contributed by atoms with van der Waals surface area (Å²) in [6.07, 6.45) is 3.46. The molecule has 3 nitrogen and oxygen atoms in total. The quantitative estimate of drug-likeness (QED) is 0.845. The summed E-state index contributed by atoms with van der Waals surface area (Å²) in [4.78, 5) is 14.7. The zero-order chi connectivity index (χ0) is 15.2. The highest BCUT2D eigenvalue weighted by atomic mass is 16.2. The molecular weight excluding hydrogens is 262 g/mol. The Morgan fingerprint density at radius 1 is 1.38 bits per heavy atom. The van der Waals surface area contributed by atoms with Gasteiger partial charge in [-0.2, -0.15) is 0 Å². The molecule has 2 rings (SSSR count). The van der Waals surface area contributed by atoms with Crippen LogP contribution in [0.25, 0.3) is 0 Å². The summed E-state index contributed by atoms with van der Waals surface area (Å²) in [5, 5.41) is 8.79. The smallest absolute Gasteiger partial charge is 0.253 e. The van der Waals surface area contributed by atoms with Gasteiger partial charge in [0.1, 0.15) is 6.61 Å². The molecular formula is C18H23NO2. The van der Waals surface area contributed by atoms with Gasteiger partial charge in [-0.15, -0.1) is 0 Å². The van der Waals surface area contributed by atoms with Gasteiger partial charge in [-0.25, -0.2) is 0 Å². The first-order valence-corrected chi connectivity index (χ1v) is 7.64. The van der Waals surface area contributed by atoms with Crippen molar-refractivity contribution in [1.82, 2.24) is 4.90 Å². The summed E-state index contributed by atoms with van der Waals surface area (Å²) in [5.41, 5.74) is 2.51. The number of hydrogen-bond acceptors (Lipinski definition) is 2. The highest BCUT2D eigenvalue weighted by molar-refractivity contribution is 5.94. The molecule has 1 N–H and O–H groups in total. The number of aryl methyl sites for hydroxylation is 1. The Labute approximate surface area is 127 Å². The molecule has 0 aromatic heterocycles. The average molecular weight is 285 g/mol. The van der Waals surface area contributed by atoms with Gasteiger partial charge in [0.15, 0.2) is 0 Å². The molecule has 1 aromatic carbocycles. The fourth-order valence-electron chi connectivity index (χ4n) is 2.46. The first-order chi connectivity index (χ1) is 10.1. The van der Waals surface area contributed by atoms with E-state index < -0.39 is 0 Å². The Balaban J connectivity index is 2.20. The van der Waals surface area contributed by atoms with E-state index in [1.165, 1.54) is 12.8 Å². The van der Waals surface area contributed by atoms with E-state index in [4.69, 9.17) is 5.11 Å². The maximum absolute atomic E-state index is 12.7. The Hall–Kier alpha value is -1.79. The van der Waals surface area contributed by atoms with E-state index in [1.807, 2.05) is 30.0 Å². The van der Waals surface area contributed by atoms with E-state index in [1.54, 1.807) is 0 Å². The van der Waals surface area contributed by atoms with Crippen molar-refractivity contribution in [2.75, 3.05) is 19.7 Å². The predicted molar refractivity (Wildman–Crippen MR) is 84.1 cm³/mol. The third-order valence-corrected chi connectivity index (χ3v) is 3.59. The van der Waals surface area contributed by atoms with Crippen LogP contribution < -0.4 is 0 Å². The molecule has 3 heteroatoms. The van der Waals surface area contributed by atoms with E-state index in [9.17, 15) is 4.79 Å². The predicted octanol–water partition coefficient (Wildman–Crippen LogP) is 2.60. The lowest BCUT2D eigenvalue weighted by atomic mass is 10.1. The summed E-state index contributed by atoms with van der Waals surface area (Å²) in [7, 11) is 0. The van der Waals surface area contributed by atoms with Crippen LogP contribution in [0.4, 0.5) is 0 Å². The molecule has 21 heavy (non-hydrogen) atoms. The fourth-order valence-corrected chi connectivity index (χ4v) is 2.46. The molecule has 112 valence electrons. The van der Waals surface area contributed by atoms with E-state index >= 15 is 0 Å². The van der Waals surface area contributed by atoms with Gasteiger partial charge in [-0.05, 0) is 55.9 Å². The summed E-state index contributed by atoms with van der Waals surface area (Å²) >= 11 is 0. The zero-order valence-corrected chi connectivity index (χ0v) is 12.9. The Morgan fingerprint density at radius 3 is 2.76 bits per heavy atom. The minimum absolute atomic E-state index is 0.0968. The van der Waals surface area contributed by atoms with Gasteiger partial charge in [0.25, 0.3) is 5.91 Å². The maximum atomic E-state index is 12.7. The molecule has 1 saturated carbocycles. The van der Waals surface area contributed by atoms with Crippen LogP contribution in [0.1, 0.15) is 47.7 Å². The monoisotopic (exact) mass is 285 g/mol. The van der Waals surface area contributed by atoms with E-state index in [2.05, 4.69) is 18.8 Å². The molecule has 1 fully saturated rings. The van der Waals surface area contributed by atoms with Gasteiger partial charge in [-0.1, -0.05) is 18.8 Å². The van der Waals surface area contributed by atoms with Crippen molar-refractivity contribution >= 4 is 5.91 Å². The average Bonchev–Trinajstić information content (AvgIpc) is 3.27. The first-order valence-electron chi connectivity index (χ1n) is 7.64. The highest BCUT2D eigenvalue weighted by Crippen LogP contribution is 2.30. The van der Waals surface area contributed by atoms with Crippen LogP contribution in [0.5, 0.6) is 0 Å². The van der Waals surface area contributed by atoms with Crippen LogP contribution in [-0.2, 0) is 0 Å². The second kappa shape index (κ2) is 7.28. The number of amides is 1. The second-order valence-corrected chi connectivity index (χ2v) is 5.74. The van der Waals surface area contributed by atoms with Crippen LogP contribution in [0, 0.1) is 24.7 Å². The highest BCUT2D eigenvalue weighted by Gasteiger charge is 2.27. The molecule has 0 aliphatic heterocycles. The van der Waals surface area contributed by atoms with Gasteiger partial charge in [0, 0.05) is 24.2 Å². The Morgan fingerprint density at radius 2 is 2.14 bits per heavy atom. The second-order valence-electron chi connectivity index (χ2n) is 5.74. The van der Waals surface area contributed by atoms with Gasteiger partial charge in [-0.3, -0.25) is 4.79 Å². The summed E-state index contributed by atoms with van der Waals surface area (Å²) < 4.78 is 0. The van der Waals surface area contributed by atoms with E-state index in [-0.39, 0.29) is 12.5 Å². The molecule has 0 saturated heterocycles. The molecule has 0 radical (unpaired) electrons. The number of carbonyl (C=O) groups is 1. The standard InChI is InChI=1S/C18H23NO2/c1-3-8-19(13-15-6-7-15)18(21)17-11-14(2)10-16(12-17)5-4-9-20/h10-12,15,20H,3,6-9,13H2,1-2H3. The molecule has 1 aliphatic carbocycles. The van der Waals surface area contributed by atoms with Crippen molar-refractivity contribution in [2.45, 2.75) is 33.1 Å².